The number of likely N-dealkylation sites (tertiary alicyclic amines) is 1. The number of piperidine rings is 1. The molecule has 3 aromatic rings. The molecule has 1 fully saturated rings. The third kappa shape index (κ3) is 4.70. The Balaban J connectivity index is 1.25. The molecule has 32 heavy (non-hydrogen) atoms. The molecule has 3 heterocycles. The number of aryl methyl sites for hydroxylation is 2. The quantitative estimate of drug-likeness (QED) is 0.369. The number of benzene rings is 2. The Hall–Kier alpha value is -3.13. The number of ether oxygens (including phenoxy) is 3. The van der Waals surface area contributed by atoms with E-state index in [2.05, 4.69) is 27.2 Å². The molecular weight excluding hydrogens is 424 g/mol. The fraction of sp³-hybridized carbons (Fsp3) is 0.375. The molecule has 1 saturated heterocycles. The highest BCUT2D eigenvalue weighted by atomic mass is 32.1. The second-order valence-electron chi connectivity index (χ2n) is 8.19. The van der Waals surface area contributed by atoms with Gasteiger partial charge in [0, 0.05) is 31.0 Å². The average Bonchev–Trinajstić information content (AvgIpc) is 3.45. The van der Waals surface area contributed by atoms with Gasteiger partial charge in [-0.2, -0.15) is 9.36 Å². The Kier molecular flexibility index (Phi) is 5.94. The van der Waals surface area contributed by atoms with Crippen molar-refractivity contribution in [3.63, 3.8) is 0 Å². The first-order valence-corrected chi connectivity index (χ1v) is 11.7. The molecule has 0 bridgehead atoms. The topological polar surface area (TPSA) is 69.1 Å². The van der Waals surface area contributed by atoms with Crippen molar-refractivity contribution < 1.29 is 14.2 Å². The van der Waals surface area contributed by atoms with Crippen LogP contribution < -0.4 is 14.2 Å². The predicted molar refractivity (Wildman–Crippen MR) is 125 cm³/mol. The lowest BCUT2D eigenvalue weighted by Gasteiger charge is -2.23. The lowest BCUT2D eigenvalue weighted by atomic mass is 10.1. The van der Waals surface area contributed by atoms with Crippen molar-refractivity contribution in [2.24, 2.45) is 4.99 Å². The van der Waals surface area contributed by atoms with Crippen LogP contribution in [0.1, 0.15) is 41.8 Å². The van der Waals surface area contributed by atoms with Gasteiger partial charge in [0.25, 0.3) is 5.19 Å². The van der Waals surface area contributed by atoms with Crippen molar-refractivity contribution in [1.29, 1.82) is 0 Å². The van der Waals surface area contributed by atoms with E-state index >= 15 is 0 Å². The number of hydrogen-bond donors (Lipinski definition) is 0. The van der Waals surface area contributed by atoms with Crippen molar-refractivity contribution in [2.45, 2.75) is 39.5 Å². The number of fused-ring (bicyclic) bond motifs is 1. The standard InChI is InChI=1S/C24H26N4O3S/c1-16-11-21(17(2)10-19(16)25-14-28-8-4-3-5-9-28)31-24-26-23(27-32-24)13-18-6-7-20-22(12-18)30-15-29-20/h6-7,10-12,14H,3-5,8-9,13,15H2,1-2H3. The summed E-state index contributed by atoms with van der Waals surface area (Å²) in [5, 5.41) is 0.535. The van der Waals surface area contributed by atoms with Crippen LogP contribution in [0.2, 0.25) is 0 Å². The zero-order chi connectivity index (χ0) is 21.9. The first-order valence-electron chi connectivity index (χ1n) is 10.9. The minimum absolute atomic E-state index is 0.271. The SMILES string of the molecule is Cc1cc(Oc2nc(Cc3ccc4c(c3)OCO4)ns2)c(C)cc1N=CN1CCCCC1. The van der Waals surface area contributed by atoms with Gasteiger partial charge in [0.05, 0.1) is 12.0 Å². The number of rotatable bonds is 6. The third-order valence-electron chi connectivity index (χ3n) is 5.69. The summed E-state index contributed by atoms with van der Waals surface area (Å²) >= 11 is 1.26. The van der Waals surface area contributed by atoms with Gasteiger partial charge in [-0.05, 0) is 74.1 Å². The third-order valence-corrected chi connectivity index (χ3v) is 6.32. The molecule has 1 aromatic heterocycles. The summed E-state index contributed by atoms with van der Waals surface area (Å²) in [4.78, 5) is 11.6. The van der Waals surface area contributed by atoms with Gasteiger partial charge >= 0.3 is 0 Å². The summed E-state index contributed by atoms with van der Waals surface area (Å²) in [6.45, 7) is 6.54. The summed E-state index contributed by atoms with van der Waals surface area (Å²) in [6.07, 6.45) is 6.40. The fourth-order valence-corrected chi connectivity index (χ4v) is 4.44. The fourth-order valence-electron chi connectivity index (χ4n) is 3.88. The molecule has 0 amide bonds. The van der Waals surface area contributed by atoms with E-state index in [1.165, 1.54) is 30.8 Å². The van der Waals surface area contributed by atoms with Crippen LogP contribution in [0.4, 0.5) is 5.69 Å². The average molecular weight is 451 g/mol. The second-order valence-corrected chi connectivity index (χ2v) is 8.90. The van der Waals surface area contributed by atoms with E-state index in [1.54, 1.807) is 0 Å². The minimum Gasteiger partial charge on any atom is -0.454 e. The summed E-state index contributed by atoms with van der Waals surface area (Å²) in [5.74, 6) is 3.05. The van der Waals surface area contributed by atoms with E-state index in [4.69, 9.17) is 19.2 Å². The van der Waals surface area contributed by atoms with Crippen molar-refractivity contribution >= 4 is 23.6 Å². The van der Waals surface area contributed by atoms with Crippen molar-refractivity contribution in [2.75, 3.05) is 19.9 Å². The van der Waals surface area contributed by atoms with Crippen LogP contribution in [-0.2, 0) is 6.42 Å². The molecule has 0 atom stereocenters. The Morgan fingerprint density at radius 1 is 1.06 bits per heavy atom. The molecule has 0 radical (unpaired) electrons. The molecule has 2 aliphatic heterocycles. The number of aromatic nitrogens is 2. The molecular formula is C24H26N4O3S. The summed E-state index contributed by atoms with van der Waals surface area (Å²) < 4.78 is 21.3. The Morgan fingerprint density at radius 2 is 1.91 bits per heavy atom. The number of aliphatic imine (C=N–C) groups is 1. The van der Waals surface area contributed by atoms with Crippen LogP contribution in [0, 0.1) is 13.8 Å². The van der Waals surface area contributed by atoms with E-state index in [-0.39, 0.29) is 6.79 Å². The molecule has 0 spiro atoms. The maximum Gasteiger partial charge on any atom is 0.298 e. The van der Waals surface area contributed by atoms with Gasteiger partial charge in [0.15, 0.2) is 17.3 Å². The Morgan fingerprint density at radius 3 is 2.78 bits per heavy atom. The van der Waals surface area contributed by atoms with Crippen LogP contribution in [0.15, 0.2) is 35.3 Å². The van der Waals surface area contributed by atoms with Gasteiger partial charge in [-0.1, -0.05) is 6.07 Å². The lowest BCUT2D eigenvalue weighted by molar-refractivity contribution is 0.174. The van der Waals surface area contributed by atoms with Crippen LogP contribution >= 0.6 is 11.5 Å². The summed E-state index contributed by atoms with van der Waals surface area (Å²) in [6, 6.07) is 9.99. The van der Waals surface area contributed by atoms with Gasteiger partial charge in [-0.3, -0.25) is 0 Å². The lowest BCUT2D eigenvalue weighted by Crippen LogP contribution is -2.28. The van der Waals surface area contributed by atoms with Crippen LogP contribution in [0.5, 0.6) is 22.4 Å². The minimum atomic E-state index is 0.271. The van der Waals surface area contributed by atoms with E-state index in [0.29, 0.717) is 11.6 Å². The largest absolute Gasteiger partial charge is 0.454 e. The monoisotopic (exact) mass is 450 g/mol. The molecule has 166 valence electrons. The van der Waals surface area contributed by atoms with E-state index in [1.807, 2.05) is 37.5 Å². The molecule has 0 unspecified atom stereocenters. The number of hydrogen-bond acceptors (Lipinski definition) is 7. The maximum absolute atomic E-state index is 6.07. The molecule has 0 aliphatic carbocycles. The van der Waals surface area contributed by atoms with Gasteiger partial charge < -0.3 is 19.1 Å². The van der Waals surface area contributed by atoms with E-state index < -0.39 is 0 Å². The van der Waals surface area contributed by atoms with Crippen LogP contribution in [0.25, 0.3) is 0 Å². The van der Waals surface area contributed by atoms with Gasteiger partial charge in [0.2, 0.25) is 6.79 Å². The molecule has 8 heteroatoms. The molecule has 7 nitrogen and oxygen atoms in total. The Labute approximate surface area is 191 Å². The van der Waals surface area contributed by atoms with E-state index in [9.17, 15) is 0 Å². The molecule has 2 aromatic carbocycles. The van der Waals surface area contributed by atoms with E-state index in [0.717, 1.165) is 58.5 Å². The Bertz CT molecular complexity index is 1140. The molecule has 5 rings (SSSR count). The zero-order valence-corrected chi connectivity index (χ0v) is 19.2. The first kappa shape index (κ1) is 20.8. The highest BCUT2D eigenvalue weighted by Crippen LogP contribution is 2.34. The molecule has 0 N–H and O–H groups in total. The highest BCUT2D eigenvalue weighted by Gasteiger charge is 2.15. The second kappa shape index (κ2) is 9.16. The van der Waals surface area contributed by atoms with Gasteiger partial charge in [-0.15, -0.1) is 0 Å². The highest BCUT2D eigenvalue weighted by molar-refractivity contribution is 7.07. The maximum atomic E-state index is 6.07. The van der Waals surface area contributed by atoms with Crippen LogP contribution in [-0.4, -0.2) is 40.5 Å². The number of nitrogens with zero attached hydrogens (tertiary/aromatic N) is 4. The normalized spacial score (nSPS) is 15.5. The smallest absolute Gasteiger partial charge is 0.298 e. The zero-order valence-electron chi connectivity index (χ0n) is 18.3. The van der Waals surface area contributed by atoms with Gasteiger partial charge in [0.1, 0.15) is 5.75 Å². The van der Waals surface area contributed by atoms with Crippen LogP contribution in [0.3, 0.4) is 0 Å². The van der Waals surface area contributed by atoms with Crippen molar-refractivity contribution in [3.05, 3.63) is 52.8 Å². The van der Waals surface area contributed by atoms with Gasteiger partial charge in [-0.25, -0.2) is 4.99 Å². The van der Waals surface area contributed by atoms with Crippen molar-refractivity contribution in [3.8, 4) is 22.4 Å². The molecule has 2 aliphatic rings. The van der Waals surface area contributed by atoms with Crippen molar-refractivity contribution in [1.82, 2.24) is 14.3 Å². The molecule has 0 saturated carbocycles. The summed E-state index contributed by atoms with van der Waals surface area (Å²) in [7, 11) is 0. The predicted octanol–water partition coefficient (Wildman–Crippen LogP) is 5.41. The summed E-state index contributed by atoms with van der Waals surface area (Å²) in [5.41, 5.74) is 4.14. The first-order chi connectivity index (χ1) is 15.6.